The number of nitrogens with zero attached hydrogens (tertiary/aromatic N) is 3. The summed E-state index contributed by atoms with van der Waals surface area (Å²) in [7, 11) is 0. The van der Waals surface area contributed by atoms with E-state index in [4.69, 9.17) is 4.98 Å². The first-order chi connectivity index (χ1) is 18.1. The fraction of sp³-hybridized carbons (Fsp3) is 0.258. The number of Topliss-reactive ketones (excluding diaryl/α,β-unsaturated/α-hetero) is 1. The minimum absolute atomic E-state index is 0.208. The van der Waals surface area contributed by atoms with Gasteiger partial charge in [0.25, 0.3) is 0 Å². The molecule has 1 aliphatic carbocycles. The number of rotatable bonds is 6. The third-order valence-electron chi connectivity index (χ3n) is 8.08. The number of fused-ring (bicyclic) bond motifs is 2. The van der Waals surface area contributed by atoms with Crippen LogP contribution in [0.4, 0.5) is 0 Å². The smallest absolute Gasteiger partial charge is 0.145 e. The Bertz CT molecular complexity index is 1690. The average molecular weight is 486 g/mol. The number of imidazole rings is 1. The lowest BCUT2D eigenvalue weighted by atomic mass is 9.80. The van der Waals surface area contributed by atoms with E-state index in [1.54, 1.807) is 0 Å². The predicted molar refractivity (Wildman–Crippen MR) is 145 cm³/mol. The van der Waals surface area contributed by atoms with Gasteiger partial charge in [0.2, 0.25) is 0 Å². The summed E-state index contributed by atoms with van der Waals surface area (Å²) >= 11 is 0. The van der Waals surface area contributed by atoms with E-state index in [-0.39, 0.29) is 5.92 Å². The lowest BCUT2D eigenvalue weighted by Crippen LogP contribution is -2.39. The van der Waals surface area contributed by atoms with E-state index in [9.17, 15) is 10.1 Å². The van der Waals surface area contributed by atoms with Gasteiger partial charge in [0.1, 0.15) is 11.6 Å². The molecule has 37 heavy (non-hydrogen) atoms. The lowest BCUT2D eigenvalue weighted by Gasteiger charge is -2.28. The Labute approximate surface area is 214 Å². The highest BCUT2D eigenvalue weighted by molar-refractivity contribution is 5.90. The summed E-state index contributed by atoms with van der Waals surface area (Å²) in [6.45, 7) is 2.16. The molecule has 6 nitrogen and oxygen atoms in total. The van der Waals surface area contributed by atoms with Crippen LogP contribution in [-0.4, -0.2) is 33.4 Å². The topological polar surface area (TPSA) is 86.5 Å². The molecular weight excluding hydrogens is 458 g/mol. The number of aromatic amines is 1. The van der Waals surface area contributed by atoms with E-state index in [0.29, 0.717) is 24.4 Å². The van der Waals surface area contributed by atoms with E-state index in [1.165, 1.54) is 5.39 Å². The van der Waals surface area contributed by atoms with Crippen LogP contribution in [0.5, 0.6) is 0 Å². The normalized spacial score (nSPS) is 19.4. The third-order valence-corrected chi connectivity index (χ3v) is 8.08. The zero-order valence-electron chi connectivity index (χ0n) is 20.5. The van der Waals surface area contributed by atoms with Crippen molar-refractivity contribution in [2.75, 3.05) is 13.1 Å². The molecule has 6 heteroatoms. The van der Waals surface area contributed by atoms with Gasteiger partial charge < -0.3 is 14.9 Å². The Balaban J connectivity index is 1.31. The molecule has 0 unspecified atom stereocenters. The van der Waals surface area contributed by atoms with Crippen molar-refractivity contribution in [3.8, 4) is 28.6 Å². The van der Waals surface area contributed by atoms with Gasteiger partial charge in [0.05, 0.1) is 28.1 Å². The van der Waals surface area contributed by atoms with Crippen LogP contribution in [0, 0.1) is 22.7 Å². The van der Waals surface area contributed by atoms with Crippen molar-refractivity contribution in [3.05, 3.63) is 78.5 Å². The van der Waals surface area contributed by atoms with Crippen molar-refractivity contribution in [2.24, 2.45) is 11.3 Å². The number of hydrogen-bond acceptors (Lipinski definition) is 4. The van der Waals surface area contributed by atoms with E-state index in [0.717, 1.165) is 64.9 Å². The van der Waals surface area contributed by atoms with Crippen LogP contribution in [-0.2, 0) is 11.3 Å². The average Bonchev–Trinajstić information content (AvgIpc) is 3.33. The van der Waals surface area contributed by atoms with Gasteiger partial charge in [-0.15, -0.1) is 0 Å². The van der Waals surface area contributed by atoms with Crippen LogP contribution in [0.25, 0.3) is 44.5 Å². The number of nitriles is 1. The highest BCUT2D eigenvalue weighted by atomic mass is 16.1. The molecule has 2 N–H and O–H groups in total. The summed E-state index contributed by atoms with van der Waals surface area (Å²) in [6, 6.07) is 24.9. The zero-order chi connectivity index (χ0) is 25.0. The second-order valence-corrected chi connectivity index (χ2v) is 10.5. The molecule has 182 valence electrons. The van der Waals surface area contributed by atoms with Gasteiger partial charge in [-0.25, -0.2) is 4.98 Å². The van der Waals surface area contributed by atoms with Gasteiger partial charge in [-0.3, -0.25) is 4.79 Å². The van der Waals surface area contributed by atoms with Crippen molar-refractivity contribution in [1.82, 2.24) is 19.9 Å². The molecule has 1 atom stereocenters. The van der Waals surface area contributed by atoms with Crippen molar-refractivity contribution >= 4 is 27.7 Å². The number of benzene rings is 3. The Kier molecular flexibility index (Phi) is 5.02. The summed E-state index contributed by atoms with van der Waals surface area (Å²) in [4.78, 5) is 21.7. The van der Waals surface area contributed by atoms with Crippen LogP contribution in [0.2, 0.25) is 0 Å². The molecule has 1 saturated carbocycles. The Morgan fingerprint density at radius 1 is 1.03 bits per heavy atom. The molecule has 2 fully saturated rings. The minimum Gasteiger partial charge on any atom is -0.361 e. The van der Waals surface area contributed by atoms with Crippen molar-refractivity contribution in [2.45, 2.75) is 25.8 Å². The van der Waals surface area contributed by atoms with E-state index in [1.807, 2.05) is 24.4 Å². The molecule has 0 amide bonds. The molecule has 2 aliphatic rings. The predicted octanol–water partition coefficient (Wildman–Crippen LogP) is 5.68. The zero-order valence-corrected chi connectivity index (χ0v) is 20.5. The highest BCUT2D eigenvalue weighted by Crippen LogP contribution is 2.42. The molecule has 0 bridgehead atoms. The van der Waals surface area contributed by atoms with Crippen LogP contribution >= 0.6 is 0 Å². The Hall–Kier alpha value is -4.21. The van der Waals surface area contributed by atoms with E-state index >= 15 is 0 Å². The van der Waals surface area contributed by atoms with Crippen LogP contribution < -0.4 is 5.32 Å². The Morgan fingerprint density at radius 2 is 1.84 bits per heavy atom. The number of H-pyrrole nitrogens is 1. The highest BCUT2D eigenvalue weighted by Gasteiger charge is 2.48. The number of hydrogen-bond donors (Lipinski definition) is 2. The van der Waals surface area contributed by atoms with E-state index < -0.39 is 5.41 Å². The van der Waals surface area contributed by atoms with Crippen LogP contribution in [0.1, 0.15) is 24.8 Å². The van der Waals surface area contributed by atoms with Gasteiger partial charge >= 0.3 is 0 Å². The number of aromatic nitrogens is 3. The first-order valence-corrected chi connectivity index (χ1v) is 13.0. The molecule has 3 aromatic carbocycles. The second kappa shape index (κ2) is 8.43. The quantitative estimate of drug-likeness (QED) is 0.324. The summed E-state index contributed by atoms with van der Waals surface area (Å²) in [5, 5.41) is 14.1. The Morgan fingerprint density at radius 3 is 2.59 bits per heavy atom. The maximum Gasteiger partial charge on any atom is 0.145 e. The van der Waals surface area contributed by atoms with Crippen molar-refractivity contribution in [3.63, 3.8) is 0 Å². The van der Waals surface area contributed by atoms with Crippen LogP contribution in [0.3, 0.4) is 0 Å². The molecule has 0 radical (unpaired) electrons. The van der Waals surface area contributed by atoms with Gasteiger partial charge in [0, 0.05) is 36.3 Å². The second-order valence-electron chi connectivity index (χ2n) is 10.5. The fourth-order valence-corrected chi connectivity index (χ4v) is 5.87. The number of ketones is 1. The molecular formula is C31H27N5O. The molecule has 0 spiro atoms. The molecule has 1 saturated heterocycles. The van der Waals surface area contributed by atoms with E-state index in [2.05, 4.69) is 69.5 Å². The molecule has 5 aromatic rings. The van der Waals surface area contributed by atoms with Crippen molar-refractivity contribution < 1.29 is 4.79 Å². The van der Waals surface area contributed by atoms with Gasteiger partial charge in [-0.05, 0) is 78.7 Å². The lowest BCUT2D eigenvalue weighted by molar-refractivity contribution is -0.129. The molecule has 3 heterocycles. The summed E-state index contributed by atoms with van der Waals surface area (Å²) < 4.78 is 2.21. The maximum atomic E-state index is 13.5. The third kappa shape index (κ3) is 3.75. The SMILES string of the molecule is N#Cc1ccc2c(c1)nc(-c1ccc(-c3ccc4[nH]ccc4c3)cc1)n2C[C@]1(C(=O)C2CC2)CCNC1. The van der Waals surface area contributed by atoms with Gasteiger partial charge in [0.15, 0.2) is 0 Å². The molecule has 1 aliphatic heterocycles. The van der Waals surface area contributed by atoms with Gasteiger partial charge in [-0.1, -0.05) is 30.3 Å². The number of nitrogens with one attached hydrogen (secondary N) is 2. The molecule has 7 rings (SSSR count). The molecule has 2 aromatic heterocycles. The summed E-state index contributed by atoms with van der Waals surface area (Å²) in [5.74, 6) is 1.45. The minimum atomic E-state index is -0.413. The number of carbonyl (C=O) groups is 1. The fourth-order valence-electron chi connectivity index (χ4n) is 5.87. The monoisotopic (exact) mass is 485 g/mol. The summed E-state index contributed by atoms with van der Waals surface area (Å²) in [6.07, 6.45) is 4.83. The van der Waals surface area contributed by atoms with Crippen LogP contribution in [0.15, 0.2) is 72.9 Å². The largest absolute Gasteiger partial charge is 0.361 e. The number of carbonyl (C=O) groups excluding carboxylic acids is 1. The maximum absolute atomic E-state index is 13.5. The first kappa shape index (κ1) is 22.0. The first-order valence-electron chi connectivity index (χ1n) is 13.0. The summed E-state index contributed by atoms with van der Waals surface area (Å²) in [5.41, 5.74) is 6.36. The van der Waals surface area contributed by atoms with Crippen molar-refractivity contribution in [1.29, 1.82) is 5.26 Å². The van der Waals surface area contributed by atoms with Gasteiger partial charge in [-0.2, -0.15) is 5.26 Å². The standard InChI is InChI=1S/C31H27N5O/c32-17-20-1-10-28-27(15-20)35-30(36(28)19-31(12-14-33-18-31)29(37)22-4-5-22)23-6-2-21(3-7-23)24-8-9-26-25(16-24)11-13-34-26/h1-3,6-11,13,15-16,22,33-34H,4-5,12,14,18-19H2/t31-/m0/s1.